The smallest absolute Gasteiger partial charge is 0.265 e. The van der Waals surface area contributed by atoms with E-state index < -0.39 is 0 Å². The first-order valence-electron chi connectivity index (χ1n) is 19.9. The summed E-state index contributed by atoms with van der Waals surface area (Å²) in [6.07, 6.45) is 13.1. The molecule has 0 unspecified atom stereocenters. The number of piperidine rings is 2. The van der Waals surface area contributed by atoms with Crippen LogP contribution < -0.4 is 20.4 Å². The molecule has 5 aliphatic heterocycles. The zero-order valence-corrected chi connectivity index (χ0v) is 32.4. The molecule has 2 N–H and O–H groups in total. The van der Waals surface area contributed by atoms with Gasteiger partial charge in [-0.25, -0.2) is 19.9 Å². The van der Waals surface area contributed by atoms with Gasteiger partial charge in [0.1, 0.15) is 17.3 Å². The molecule has 0 aliphatic carbocycles. The maximum atomic E-state index is 6.01. The molecule has 2 aromatic carbocycles. The summed E-state index contributed by atoms with van der Waals surface area (Å²) < 4.78 is 18.0. The number of aromatic nitrogens is 1. The zero-order valence-electron chi connectivity index (χ0n) is 32.4. The molecule has 2 saturated heterocycles. The molecule has 5 aliphatic rings. The van der Waals surface area contributed by atoms with Gasteiger partial charge < -0.3 is 33.7 Å². The number of oxazole rings is 1. The Hall–Kier alpha value is -6.63. The summed E-state index contributed by atoms with van der Waals surface area (Å²) in [5.74, 6) is 5.07. The molecule has 3 aromatic heterocycles. The van der Waals surface area contributed by atoms with Crippen molar-refractivity contribution in [3.05, 3.63) is 119 Å². The van der Waals surface area contributed by atoms with Crippen LogP contribution in [0.2, 0.25) is 0 Å². The number of allylic oxidation sites excluding steroid dienone is 2. The molecule has 0 radical (unpaired) electrons. The van der Waals surface area contributed by atoms with Gasteiger partial charge in [-0.15, -0.1) is 0 Å². The van der Waals surface area contributed by atoms with Crippen LogP contribution in [0.25, 0.3) is 5.70 Å². The second-order valence-corrected chi connectivity index (χ2v) is 15.1. The van der Waals surface area contributed by atoms with E-state index in [9.17, 15) is 0 Å². The van der Waals surface area contributed by atoms with Crippen LogP contribution in [0.5, 0.6) is 0 Å². The average molecular weight is 761 g/mol. The molecule has 10 rings (SSSR count). The third kappa shape index (κ3) is 6.94. The van der Waals surface area contributed by atoms with Crippen LogP contribution in [-0.4, -0.2) is 59.5 Å². The number of rotatable bonds is 9. The second kappa shape index (κ2) is 14.5. The van der Waals surface area contributed by atoms with Crippen molar-refractivity contribution in [2.24, 2.45) is 20.0 Å². The number of anilines is 6. The van der Waals surface area contributed by atoms with E-state index in [4.69, 9.17) is 33.2 Å². The van der Waals surface area contributed by atoms with E-state index in [0.29, 0.717) is 41.2 Å². The van der Waals surface area contributed by atoms with Gasteiger partial charge in [-0.3, -0.25) is 0 Å². The minimum Gasteiger partial charge on any atom is -0.446 e. The first kappa shape index (κ1) is 34.8. The third-order valence-electron chi connectivity index (χ3n) is 10.9. The Morgan fingerprint density at radius 1 is 0.561 bits per heavy atom. The van der Waals surface area contributed by atoms with Crippen LogP contribution >= 0.6 is 0 Å². The summed E-state index contributed by atoms with van der Waals surface area (Å²) >= 11 is 0. The van der Waals surface area contributed by atoms with Gasteiger partial charge in [-0.1, -0.05) is 0 Å². The number of nitrogens with zero attached hydrogens (tertiary/aromatic N) is 8. The van der Waals surface area contributed by atoms with Crippen LogP contribution in [0.15, 0.2) is 118 Å². The number of aliphatic imine (C=N–C) groups is 4. The Morgan fingerprint density at radius 3 is 1.74 bits per heavy atom. The molecular formula is C44H44N10O3. The van der Waals surface area contributed by atoms with Gasteiger partial charge in [0.25, 0.3) is 5.89 Å². The van der Waals surface area contributed by atoms with Crippen molar-refractivity contribution in [3.8, 4) is 0 Å². The zero-order chi connectivity index (χ0) is 38.5. The number of aryl methyl sites for hydroxylation is 3. The van der Waals surface area contributed by atoms with E-state index in [-0.39, 0.29) is 0 Å². The molecule has 57 heavy (non-hydrogen) atoms. The first-order chi connectivity index (χ1) is 27.9. The van der Waals surface area contributed by atoms with Crippen molar-refractivity contribution < 1.29 is 13.3 Å². The molecule has 2 fully saturated rings. The lowest BCUT2D eigenvalue weighted by Gasteiger charge is -2.33. The fourth-order valence-electron chi connectivity index (χ4n) is 8.03. The standard InChI is InChI=1S/C44H44N10O3/c1-27-10-16-39(55-27)46-35-22-30(52-18-6-4-7-19-52)12-14-33(35)37-24-32-25-38(49-44-51-41(42-45-26-29(3)57-42)50-43(48-37)54(32)44)34-15-13-31(53-20-8-5-9-21-53)23-36(34)47-40-17-11-28(2)56-40/h10-17,22-26,46-47H,4-9,18-21H2,1-3H3. The van der Waals surface area contributed by atoms with Crippen molar-refractivity contribution in [2.75, 3.05) is 46.6 Å². The molecule has 0 saturated carbocycles. The fourth-order valence-corrected chi connectivity index (χ4v) is 8.03. The molecule has 13 nitrogen and oxygen atoms in total. The highest BCUT2D eigenvalue weighted by Crippen LogP contribution is 2.39. The van der Waals surface area contributed by atoms with E-state index >= 15 is 0 Å². The molecule has 13 heteroatoms. The summed E-state index contributed by atoms with van der Waals surface area (Å²) in [5.41, 5.74) is 8.16. The Morgan fingerprint density at radius 2 is 1.16 bits per heavy atom. The van der Waals surface area contributed by atoms with Crippen LogP contribution in [0.4, 0.5) is 34.5 Å². The first-order valence-corrected chi connectivity index (χ1v) is 19.9. The average Bonchev–Trinajstić information content (AvgIpc) is 3.98. The van der Waals surface area contributed by atoms with Crippen LogP contribution in [-0.2, 0) is 0 Å². The van der Waals surface area contributed by atoms with E-state index in [1.54, 1.807) is 6.20 Å². The van der Waals surface area contributed by atoms with Gasteiger partial charge in [0.2, 0.25) is 17.8 Å². The summed E-state index contributed by atoms with van der Waals surface area (Å²) in [6.45, 7) is 9.86. The Labute approximate surface area is 330 Å². The normalized spacial score (nSPS) is 17.9. The van der Waals surface area contributed by atoms with E-state index in [0.717, 1.165) is 88.7 Å². The van der Waals surface area contributed by atoms with Crippen LogP contribution in [0, 0.1) is 20.8 Å². The number of amidine groups is 1. The van der Waals surface area contributed by atoms with E-state index in [1.807, 2.05) is 49.9 Å². The minimum atomic E-state index is 0.299. The largest absolute Gasteiger partial charge is 0.446 e. The van der Waals surface area contributed by atoms with Gasteiger partial charge in [0.05, 0.1) is 34.7 Å². The molecule has 8 heterocycles. The maximum absolute atomic E-state index is 6.01. The number of hydrogen-bond donors (Lipinski definition) is 2. The van der Waals surface area contributed by atoms with E-state index in [1.165, 1.54) is 38.5 Å². The van der Waals surface area contributed by atoms with Gasteiger partial charge in [0, 0.05) is 60.8 Å². The molecule has 0 spiro atoms. The number of hydrogen-bond acceptors (Lipinski definition) is 13. The molecule has 288 valence electrons. The maximum Gasteiger partial charge on any atom is 0.265 e. The quantitative estimate of drug-likeness (QED) is 0.151. The van der Waals surface area contributed by atoms with Crippen LogP contribution in [0.1, 0.15) is 72.8 Å². The minimum absolute atomic E-state index is 0.299. The van der Waals surface area contributed by atoms with Gasteiger partial charge in [-0.2, -0.15) is 9.98 Å². The summed E-state index contributed by atoms with van der Waals surface area (Å²) in [4.78, 5) is 31.4. The van der Waals surface area contributed by atoms with Gasteiger partial charge in [-0.05, 0) is 120 Å². The van der Waals surface area contributed by atoms with E-state index in [2.05, 4.69) is 74.0 Å². The van der Waals surface area contributed by atoms with Crippen molar-refractivity contribution >= 4 is 63.7 Å². The summed E-state index contributed by atoms with van der Waals surface area (Å²) in [7, 11) is 0. The highest BCUT2D eigenvalue weighted by atomic mass is 16.4. The number of guanidine groups is 2. The number of furan rings is 2. The molecular weight excluding hydrogens is 717 g/mol. The topological polar surface area (TPSA) is 136 Å². The van der Waals surface area contributed by atoms with Crippen molar-refractivity contribution in [3.63, 3.8) is 0 Å². The summed E-state index contributed by atoms with van der Waals surface area (Å²) in [6, 6.07) is 20.9. The molecule has 0 amide bonds. The molecule has 0 bridgehead atoms. The van der Waals surface area contributed by atoms with Crippen molar-refractivity contribution in [1.29, 1.82) is 0 Å². The fraction of sp³-hybridized carbons (Fsp3) is 0.295. The van der Waals surface area contributed by atoms with Crippen LogP contribution in [0.3, 0.4) is 0 Å². The lowest BCUT2D eigenvalue weighted by atomic mass is 10.0. The second-order valence-electron chi connectivity index (χ2n) is 15.1. The lowest BCUT2D eigenvalue weighted by Crippen LogP contribution is -2.42. The van der Waals surface area contributed by atoms with Crippen molar-refractivity contribution in [1.82, 2.24) is 9.88 Å². The van der Waals surface area contributed by atoms with Gasteiger partial charge in [0.15, 0.2) is 11.8 Å². The summed E-state index contributed by atoms with van der Waals surface area (Å²) in [5, 5.41) is 7.14. The number of benzene rings is 2. The SMILES string of the molecule is Cc1ccc(Nc2cc(N3CCCCC3)ccc2C2=CC3=CC(c4ccc(N5CCCCC5)cc4Nc4ccc(C)o4)=NC4=NC(c5ncc(C)o5)=NC(=N2)N34)o1. The third-order valence-corrected chi connectivity index (χ3v) is 10.9. The Kier molecular flexibility index (Phi) is 8.84. The Balaban J connectivity index is 1.11. The molecule has 0 atom stereocenters. The lowest BCUT2D eigenvalue weighted by molar-refractivity contribution is 0.516. The predicted octanol–water partition coefficient (Wildman–Crippen LogP) is 9.47. The highest BCUT2D eigenvalue weighted by molar-refractivity contribution is 6.26. The monoisotopic (exact) mass is 760 g/mol. The molecule has 5 aromatic rings. The van der Waals surface area contributed by atoms with Crippen molar-refractivity contribution in [2.45, 2.75) is 59.3 Å². The highest BCUT2D eigenvalue weighted by Gasteiger charge is 2.35. The van der Waals surface area contributed by atoms with Gasteiger partial charge >= 0.3 is 0 Å². The number of nitrogens with one attached hydrogen (secondary N) is 2. The predicted molar refractivity (Wildman–Crippen MR) is 226 cm³/mol. The Bertz CT molecular complexity index is 2440.